The largest absolute Gasteiger partial charge is 0.302 e. The molecule has 106 valence electrons. The van der Waals surface area contributed by atoms with Gasteiger partial charge in [0.05, 0.1) is 6.20 Å². The number of H-pyrrole nitrogens is 1. The van der Waals surface area contributed by atoms with Gasteiger partial charge in [-0.2, -0.15) is 5.10 Å². The van der Waals surface area contributed by atoms with Crippen molar-refractivity contribution in [1.29, 1.82) is 0 Å². The van der Waals surface area contributed by atoms with Gasteiger partial charge in [-0.15, -0.1) is 0 Å². The van der Waals surface area contributed by atoms with Crippen molar-refractivity contribution in [2.45, 2.75) is 32.1 Å². The van der Waals surface area contributed by atoms with Crippen molar-refractivity contribution < 1.29 is 0 Å². The fourth-order valence-electron chi connectivity index (χ4n) is 3.20. The van der Waals surface area contributed by atoms with Crippen molar-refractivity contribution in [3.05, 3.63) is 53.3 Å². The Morgan fingerprint density at radius 2 is 2.15 bits per heavy atom. The minimum absolute atomic E-state index is 0.627. The van der Waals surface area contributed by atoms with E-state index in [0.29, 0.717) is 5.92 Å². The van der Waals surface area contributed by atoms with Gasteiger partial charge >= 0.3 is 0 Å². The number of nitrogens with zero attached hydrogens (tertiary/aromatic N) is 2. The molecule has 1 aromatic heterocycles. The molecule has 1 aromatic carbocycles. The molecule has 3 nitrogen and oxygen atoms in total. The first kappa shape index (κ1) is 13.4. The second kappa shape index (κ2) is 6.23. The summed E-state index contributed by atoms with van der Waals surface area (Å²) in [5.74, 6) is 0.627. The summed E-state index contributed by atoms with van der Waals surface area (Å²) >= 11 is 0. The molecule has 20 heavy (non-hydrogen) atoms. The number of aryl methyl sites for hydroxylation is 1. The summed E-state index contributed by atoms with van der Waals surface area (Å²) < 4.78 is 0. The van der Waals surface area contributed by atoms with E-state index in [0.717, 1.165) is 19.5 Å². The third kappa shape index (κ3) is 3.10. The molecule has 0 spiro atoms. The Labute approximate surface area is 121 Å². The van der Waals surface area contributed by atoms with Crippen molar-refractivity contribution >= 4 is 0 Å². The van der Waals surface area contributed by atoms with Gasteiger partial charge in [0.1, 0.15) is 0 Å². The smallest absolute Gasteiger partial charge is 0.0519 e. The molecule has 1 N–H and O–H groups in total. The van der Waals surface area contributed by atoms with E-state index in [9.17, 15) is 0 Å². The van der Waals surface area contributed by atoms with E-state index < -0.39 is 0 Å². The number of nitrogens with one attached hydrogen (secondary N) is 1. The zero-order valence-corrected chi connectivity index (χ0v) is 12.2. The van der Waals surface area contributed by atoms with E-state index in [2.05, 4.69) is 52.4 Å². The molecule has 1 aliphatic rings. The number of hydrogen-bond acceptors (Lipinski definition) is 2. The van der Waals surface area contributed by atoms with Gasteiger partial charge in [-0.05, 0) is 43.9 Å². The molecule has 0 bridgehead atoms. The lowest BCUT2D eigenvalue weighted by molar-refractivity contribution is 0.208. The Morgan fingerprint density at radius 3 is 2.90 bits per heavy atom. The van der Waals surface area contributed by atoms with Gasteiger partial charge in [0, 0.05) is 24.7 Å². The summed E-state index contributed by atoms with van der Waals surface area (Å²) in [7, 11) is 0. The first-order valence-electron chi connectivity index (χ1n) is 7.59. The van der Waals surface area contributed by atoms with E-state index in [1.807, 2.05) is 6.20 Å². The number of piperidine rings is 1. The SMILES string of the molecule is Cc1cn[nH]c1C1CCCN(CCc2ccccc2)C1. The molecule has 1 saturated heterocycles. The molecule has 1 atom stereocenters. The van der Waals surface area contributed by atoms with Gasteiger partial charge in [-0.1, -0.05) is 30.3 Å². The van der Waals surface area contributed by atoms with Gasteiger partial charge in [0.2, 0.25) is 0 Å². The van der Waals surface area contributed by atoms with E-state index in [4.69, 9.17) is 0 Å². The van der Waals surface area contributed by atoms with Crippen LogP contribution in [-0.2, 0) is 6.42 Å². The average molecular weight is 269 g/mol. The van der Waals surface area contributed by atoms with Crippen molar-refractivity contribution in [3.8, 4) is 0 Å². The van der Waals surface area contributed by atoms with Crippen LogP contribution >= 0.6 is 0 Å². The van der Waals surface area contributed by atoms with Crippen molar-refractivity contribution in [2.24, 2.45) is 0 Å². The van der Waals surface area contributed by atoms with Crippen LogP contribution in [0.5, 0.6) is 0 Å². The number of aromatic amines is 1. The highest BCUT2D eigenvalue weighted by atomic mass is 15.1. The quantitative estimate of drug-likeness (QED) is 0.924. The molecule has 1 fully saturated rings. The number of benzene rings is 1. The van der Waals surface area contributed by atoms with Crippen molar-refractivity contribution in [1.82, 2.24) is 15.1 Å². The van der Waals surface area contributed by atoms with Gasteiger partial charge in [-0.3, -0.25) is 5.10 Å². The molecule has 1 aliphatic heterocycles. The van der Waals surface area contributed by atoms with E-state index in [1.165, 1.54) is 36.2 Å². The number of hydrogen-bond donors (Lipinski definition) is 1. The third-order valence-corrected chi connectivity index (χ3v) is 4.34. The zero-order valence-electron chi connectivity index (χ0n) is 12.2. The minimum Gasteiger partial charge on any atom is -0.302 e. The molecule has 0 aliphatic carbocycles. The maximum Gasteiger partial charge on any atom is 0.0519 e. The van der Waals surface area contributed by atoms with Crippen LogP contribution in [0.15, 0.2) is 36.5 Å². The second-order valence-corrected chi connectivity index (χ2v) is 5.84. The van der Waals surface area contributed by atoms with Crippen LogP contribution in [-0.4, -0.2) is 34.7 Å². The first-order valence-corrected chi connectivity index (χ1v) is 7.59. The van der Waals surface area contributed by atoms with Crippen molar-refractivity contribution in [3.63, 3.8) is 0 Å². The zero-order chi connectivity index (χ0) is 13.8. The lowest BCUT2D eigenvalue weighted by atomic mass is 9.92. The molecule has 3 rings (SSSR count). The summed E-state index contributed by atoms with van der Waals surface area (Å²) in [5, 5.41) is 7.36. The predicted molar refractivity (Wildman–Crippen MR) is 81.9 cm³/mol. The van der Waals surface area contributed by atoms with Crippen LogP contribution in [0.2, 0.25) is 0 Å². The van der Waals surface area contributed by atoms with Crippen LogP contribution in [0.3, 0.4) is 0 Å². The maximum absolute atomic E-state index is 4.17. The third-order valence-electron chi connectivity index (χ3n) is 4.34. The Hall–Kier alpha value is -1.61. The summed E-state index contributed by atoms with van der Waals surface area (Å²) in [6, 6.07) is 10.8. The second-order valence-electron chi connectivity index (χ2n) is 5.84. The van der Waals surface area contributed by atoms with Gasteiger partial charge in [0.15, 0.2) is 0 Å². The van der Waals surface area contributed by atoms with Crippen LogP contribution in [0, 0.1) is 6.92 Å². The van der Waals surface area contributed by atoms with Gasteiger partial charge < -0.3 is 4.90 Å². The van der Waals surface area contributed by atoms with Crippen molar-refractivity contribution in [2.75, 3.05) is 19.6 Å². The Kier molecular flexibility index (Phi) is 4.16. The lowest BCUT2D eigenvalue weighted by Gasteiger charge is -2.32. The average Bonchev–Trinajstić information content (AvgIpc) is 2.93. The molecule has 0 radical (unpaired) electrons. The lowest BCUT2D eigenvalue weighted by Crippen LogP contribution is -2.36. The van der Waals surface area contributed by atoms with Crippen LogP contribution in [0.25, 0.3) is 0 Å². The van der Waals surface area contributed by atoms with Gasteiger partial charge in [-0.25, -0.2) is 0 Å². The molecular weight excluding hydrogens is 246 g/mol. The van der Waals surface area contributed by atoms with E-state index in [-0.39, 0.29) is 0 Å². The molecule has 3 heteroatoms. The highest BCUT2D eigenvalue weighted by molar-refractivity contribution is 5.20. The molecule has 0 saturated carbocycles. The predicted octanol–water partition coefficient (Wildman–Crippen LogP) is 3.14. The topological polar surface area (TPSA) is 31.9 Å². The first-order chi connectivity index (χ1) is 9.83. The highest BCUT2D eigenvalue weighted by Crippen LogP contribution is 2.27. The normalized spacial score (nSPS) is 20.1. The summed E-state index contributed by atoms with van der Waals surface area (Å²) in [6.07, 6.45) is 5.66. The summed E-state index contributed by atoms with van der Waals surface area (Å²) in [4.78, 5) is 2.60. The summed E-state index contributed by atoms with van der Waals surface area (Å²) in [6.45, 7) is 5.71. The number of rotatable bonds is 4. The minimum atomic E-state index is 0.627. The van der Waals surface area contributed by atoms with E-state index >= 15 is 0 Å². The number of likely N-dealkylation sites (tertiary alicyclic amines) is 1. The molecule has 2 aromatic rings. The number of aromatic nitrogens is 2. The molecule has 2 heterocycles. The molecule has 1 unspecified atom stereocenters. The van der Waals surface area contributed by atoms with Crippen LogP contribution in [0.1, 0.15) is 35.6 Å². The molecular formula is C17H23N3. The van der Waals surface area contributed by atoms with Crippen LogP contribution < -0.4 is 0 Å². The summed E-state index contributed by atoms with van der Waals surface area (Å²) in [5.41, 5.74) is 4.08. The maximum atomic E-state index is 4.17. The van der Waals surface area contributed by atoms with E-state index in [1.54, 1.807) is 0 Å². The Balaban J connectivity index is 1.57. The highest BCUT2D eigenvalue weighted by Gasteiger charge is 2.23. The Morgan fingerprint density at radius 1 is 1.30 bits per heavy atom. The standard InChI is InChI=1S/C17H23N3/c1-14-12-18-19-17(14)16-8-5-10-20(13-16)11-9-15-6-3-2-4-7-15/h2-4,6-7,12,16H,5,8-11,13H2,1H3,(H,18,19). The van der Waals surface area contributed by atoms with Crippen LogP contribution in [0.4, 0.5) is 0 Å². The Bertz CT molecular complexity index is 532. The molecule has 0 amide bonds. The fourth-order valence-corrected chi connectivity index (χ4v) is 3.20. The van der Waals surface area contributed by atoms with Gasteiger partial charge in [0.25, 0.3) is 0 Å². The monoisotopic (exact) mass is 269 g/mol. The fraction of sp³-hybridized carbons (Fsp3) is 0.471.